The topological polar surface area (TPSA) is 62.7 Å². The molecule has 1 radical (unpaired) electrons. The number of pyridine rings is 2. The summed E-state index contributed by atoms with van der Waals surface area (Å²) in [6.07, 6.45) is 9.18. The minimum atomic E-state index is -1.33. The average Bonchev–Trinajstić information content (AvgIpc) is 3.90. The Morgan fingerprint density at radius 2 is 1.53 bits per heavy atom. The molecule has 1 fully saturated rings. The number of nitrogens with zero attached hydrogens (tertiary/aromatic N) is 3. The Balaban J connectivity index is 0.000000193. The first-order chi connectivity index (χ1) is 27.0. The Labute approximate surface area is 351 Å². The summed E-state index contributed by atoms with van der Waals surface area (Å²) in [6, 6.07) is 46.3. The van der Waals surface area contributed by atoms with Gasteiger partial charge in [-0.15, -0.1) is 41.3 Å². The van der Waals surface area contributed by atoms with Gasteiger partial charge in [-0.1, -0.05) is 142 Å². The predicted molar refractivity (Wildman–Crippen MR) is 235 cm³/mol. The van der Waals surface area contributed by atoms with Gasteiger partial charge < -0.3 is 14.4 Å². The van der Waals surface area contributed by atoms with Gasteiger partial charge in [0, 0.05) is 44.0 Å². The van der Waals surface area contributed by atoms with Gasteiger partial charge in [0.25, 0.3) is 0 Å². The van der Waals surface area contributed by atoms with Crippen molar-refractivity contribution in [2.45, 2.75) is 71.5 Å². The summed E-state index contributed by atoms with van der Waals surface area (Å²) in [5, 5.41) is 15.5. The summed E-state index contributed by atoms with van der Waals surface area (Å²) < 4.78 is 6.45. The van der Waals surface area contributed by atoms with Crippen LogP contribution < -0.4 is 5.19 Å². The van der Waals surface area contributed by atoms with E-state index in [1.807, 2.05) is 30.5 Å². The van der Waals surface area contributed by atoms with Crippen LogP contribution in [0.15, 0.2) is 126 Å². The summed E-state index contributed by atoms with van der Waals surface area (Å²) in [6.45, 7) is 14.0. The third-order valence-electron chi connectivity index (χ3n) is 11.8. The fraction of sp³-hybridized carbons (Fsp3) is 0.235. The van der Waals surface area contributed by atoms with Crippen molar-refractivity contribution in [3.05, 3.63) is 150 Å². The van der Waals surface area contributed by atoms with Gasteiger partial charge in [-0.3, -0.25) is 0 Å². The zero-order valence-electron chi connectivity index (χ0n) is 33.5. The second kappa shape index (κ2) is 16.4. The standard InChI is InChI=1S/C32H27N2O.C19H20NSi.Ir/c1-32(2,24-10-6-7-11-24)25-16-17-34-28(19-25)26-14-13-23(20-33)30-27-15-12-22(18-29(27)35-31(26)30)21-8-4-3-5-9-21;1-14-12-18(20-13-19(14)21(2,3)4)17-11-7-9-15-8-5-6-10-16(15)17;/h3-5,8-9,12-13,15-19,24H,6-7,10-11H2,1-2H3;5-10,12-13H,1-4H3;/q2*-1;. The van der Waals surface area contributed by atoms with E-state index in [2.05, 4.69) is 144 Å². The van der Waals surface area contributed by atoms with Crippen LogP contribution in [0, 0.1) is 36.3 Å². The number of benzene rings is 5. The van der Waals surface area contributed by atoms with Crippen molar-refractivity contribution in [2.75, 3.05) is 0 Å². The van der Waals surface area contributed by atoms with E-state index in [0.29, 0.717) is 17.1 Å². The van der Waals surface area contributed by atoms with Crippen LogP contribution in [-0.4, -0.2) is 18.0 Å². The molecule has 5 aromatic carbocycles. The molecule has 0 spiro atoms. The second-order valence-electron chi connectivity index (χ2n) is 16.8. The molecule has 1 aliphatic rings. The fourth-order valence-corrected chi connectivity index (χ4v) is 10.3. The van der Waals surface area contributed by atoms with Crippen LogP contribution in [0.3, 0.4) is 0 Å². The molecule has 0 N–H and O–H groups in total. The zero-order chi connectivity index (χ0) is 39.0. The molecule has 0 unspecified atom stereocenters. The van der Waals surface area contributed by atoms with Gasteiger partial charge in [0.05, 0.1) is 13.7 Å². The number of nitriles is 1. The van der Waals surface area contributed by atoms with Crippen molar-refractivity contribution < 1.29 is 24.5 Å². The third kappa shape index (κ3) is 7.90. The molecule has 287 valence electrons. The van der Waals surface area contributed by atoms with E-state index < -0.39 is 8.07 Å². The maximum atomic E-state index is 9.85. The number of fused-ring (bicyclic) bond motifs is 4. The van der Waals surface area contributed by atoms with Crippen molar-refractivity contribution in [1.29, 1.82) is 5.26 Å². The quantitative estimate of drug-likeness (QED) is 0.123. The molecule has 6 heteroatoms. The minimum Gasteiger partial charge on any atom is -0.501 e. The molecular formula is C51H47IrN3OSi-2. The molecule has 0 bridgehead atoms. The van der Waals surface area contributed by atoms with Gasteiger partial charge in [0.1, 0.15) is 5.58 Å². The van der Waals surface area contributed by atoms with Crippen LogP contribution in [0.1, 0.15) is 56.2 Å². The van der Waals surface area contributed by atoms with Crippen LogP contribution in [0.5, 0.6) is 0 Å². The summed E-state index contributed by atoms with van der Waals surface area (Å²) in [7, 11) is -1.33. The van der Waals surface area contributed by atoms with Gasteiger partial charge in [-0.05, 0) is 87.4 Å². The normalized spacial score (nSPS) is 13.3. The Bertz CT molecular complexity index is 2750. The number of furan rings is 1. The number of hydrogen-bond donors (Lipinski definition) is 0. The fourth-order valence-electron chi connectivity index (χ4n) is 8.61. The summed E-state index contributed by atoms with van der Waals surface area (Å²) in [5.74, 6) is 0.685. The molecule has 9 rings (SSSR count). The Kier molecular flexibility index (Phi) is 11.5. The van der Waals surface area contributed by atoms with Crippen LogP contribution in [0.25, 0.3) is 66.4 Å². The van der Waals surface area contributed by atoms with E-state index in [1.165, 1.54) is 52.8 Å². The third-order valence-corrected chi connectivity index (χ3v) is 13.9. The van der Waals surface area contributed by atoms with E-state index in [4.69, 9.17) is 14.4 Å². The van der Waals surface area contributed by atoms with Gasteiger partial charge in [0.15, 0.2) is 0 Å². The molecule has 0 atom stereocenters. The van der Waals surface area contributed by atoms with Crippen molar-refractivity contribution in [2.24, 2.45) is 5.92 Å². The van der Waals surface area contributed by atoms with Crippen LogP contribution in [-0.2, 0) is 25.5 Å². The van der Waals surface area contributed by atoms with Crippen molar-refractivity contribution in [3.63, 3.8) is 0 Å². The van der Waals surface area contributed by atoms with E-state index in [0.717, 1.165) is 50.0 Å². The van der Waals surface area contributed by atoms with Gasteiger partial charge in [0.2, 0.25) is 0 Å². The van der Waals surface area contributed by atoms with Crippen LogP contribution in [0.2, 0.25) is 19.6 Å². The summed E-state index contributed by atoms with van der Waals surface area (Å²) >= 11 is 0. The number of aromatic nitrogens is 2. The first-order valence-electron chi connectivity index (χ1n) is 19.7. The average molecular weight is 938 g/mol. The molecule has 0 saturated heterocycles. The van der Waals surface area contributed by atoms with E-state index >= 15 is 0 Å². The first-order valence-corrected chi connectivity index (χ1v) is 23.2. The molecule has 0 aliphatic heterocycles. The zero-order valence-corrected chi connectivity index (χ0v) is 36.9. The predicted octanol–water partition coefficient (Wildman–Crippen LogP) is 13.0. The van der Waals surface area contributed by atoms with Crippen molar-refractivity contribution >= 4 is 46.0 Å². The number of rotatable bonds is 6. The number of aryl methyl sites for hydroxylation is 1. The molecule has 4 nitrogen and oxygen atoms in total. The van der Waals surface area contributed by atoms with Gasteiger partial charge in [-0.2, -0.15) is 0 Å². The molecule has 1 aliphatic carbocycles. The van der Waals surface area contributed by atoms with Gasteiger partial charge in [-0.25, -0.2) is 5.26 Å². The Hall–Kier alpha value is -5.18. The van der Waals surface area contributed by atoms with Crippen molar-refractivity contribution in [3.8, 4) is 39.7 Å². The smallest absolute Gasteiger partial charge is 0.121 e. The monoisotopic (exact) mass is 938 g/mol. The van der Waals surface area contributed by atoms with E-state index in [1.54, 1.807) is 6.07 Å². The molecule has 3 heterocycles. The molecule has 57 heavy (non-hydrogen) atoms. The van der Waals surface area contributed by atoms with E-state index in [-0.39, 0.29) is 25.5 Å². The SMILES string of the molecule is CC(C)(c1ccnc(-c2[c-]cc(C#N)c3c2oc2cc(-c4ccccc4)ccc23)c1)C1CCCC1.Cc1cc(-c2[c-]ccc3ccccc23)ncc1[Si](C)(C)C.[Ir]. The first kappa shape index (κ1) is 40.0. The van der Waals surface area contributed by atoms with E-state index in [9.17, 15) is 5.26 Å². The number of hydrogen-bond acceptors (Lipinski definition) is 4. The second-order valence-corrected chi connectivity index (χ2v) is 21.8. The van der Waals surface area contributed by atoms with Gasteiger partial charge >= 0.3 is 0 Å². The maximum absolute atomic E-state index is 9.85. The minimum absolute atomic E-state index is 0. The molecular weight excluding hydrogens is 891 g/mol. The Morgan fingerprint density at radius 3 is 2.26 bits per heavy atom. The van der Waals surface area contributed by atoms with Crippen LogP contribution in [0.4, 0.5) is 0 Å². The molecule has 1 saturated carbocycles. The molecule has 8 aromatic rings. The summed E-state index contributed by atoms with van der Waals surface area (Å²) in [5.41, 5.74) is 10.7. The summed E-state index contributed by atoms with van der Waals surface area (Å²) in [4.78, 5) is 9.45. The van der Waals surface area contributed by atoms with Crippen molar-refractivity contribution in [1.82, 2.24) is 9.97 Å². The largest absolute Gasteiger partial charge is 0.501 e. The molecule has 0 amide bonds. The Morgan fingerprint density at radius 1 is 0.789 bits per heavy atom. The maximum Gasteiger partial charge on any atom is 0.121 e. The van der Waals surface area contributed by atoms with Crippen LogP contribution >= 0.6 is 0 Å². The molecule has 3 aromatic heterocycles.